The van der Waals surface area contributed by atoms with Gasteiger partial charge in [0.25, 0.3) is 0 Å². The molecule has 1 aliphatic heterocycles. The van der Waals surface area contributed by atoms with E-state index in [2.05, 4.69) is 23.6 Å². The highest BCUT2D eigenvalue weighted by Crippen LogP contribution is 2.23. The molecule has 2 rings (SSSR count). The Morgan fingerprint density at radius 3 is 2.67 bits per heavy atom. The minimum absolute atomic E-state index is 0.918. The molecule has 0 bridgehead atoms. The quantitative estimate of drug-likeness (QED) is 0.798. The molecule has 2 heteroatoms. The van der Waals surface area contributed by atoms with Gasteiger partial charge in [-0.05, 0) is 42.5 Å². The molecule has 0 aliphatic carbocycles. The zero-order valence-electron chi connectivity index (χ0n) is 9.12. The van der Waals surface area contributed by atoms with Gasteiger partial charge in [-0.1, -0.05) is 12.1 Å². The second-order valence-corrected chi connectivity index (χ2v) is 3.81. The van der Waals surface area contributed by atoms with Crippen molar-refractivity contribution >= 4 is 5.57 Å². The van der Waals surface area contributed by atoms with E-state index in [4.69, 9.17) is 4.74 Å². The molecule has 0 saturated heterocycles. The molecular weight excluding hydrogens is 186 g/mol. The third-order valence-corrected chi connectivity index (χ3v) is 2.75. The highest BCUT2D eigenvalue weighted by molar-refractivity contribution is 5.65. The monoisotopic (exact) mass is 203 g/mol. The van der Waals surface area contributed by atoms with Crippen molar-refractivity contribution in [2.45, 2.75) is 19.3 Å². The molecule has 0 amide bonds. The Bertz CT molecular complexity index is 340. The molecule has 1 heterocycles. The van der Waals surface area contributed by atoms with E-state index in [9.17, 15) is 0 Å². The summed E-state index contributed by atoms with van der Waals surface area (Å²) in [5, 5.41) is 3.33. The molecule has 1 N–H and O–H groups in total. The van der Waals surface area contributed by atoms with Crippen LogP contribution in [0.5, 0.6) is 5.75 Å². The molecule has 0 unspecified atom stereocenters. The van der Waals surface area contributed by atoms with Crippen molar-refractivity contribution in [3.8, 4) is 5.75 Å². The fraction of sp³-hybridized carbons (Fsp3) is 0.385. The van der Waals surface area contributed by atoms with Gasteiger partial charge in [0, 0.05) is 12.7 Å². The lowest BCUT2D eigenvalue weighted by atomic mass is 10.0. The molecule has 15 heavy (non-hydrogen) atoms. The van der Waals surface area contributed by atoms with Gasteiger partial charge in [0.15, 0.2) is 0 Å². The van der Waals surface area contributed by atoms with Gasteiger partial charge >= 0.3 is 0 Å². The fourth-order valence-corrected chi connectivity index (χ4v) is 1.84. The molecule has 80 valence electrons. The second kappa shape index (κ2) is 4.87. The van der Waals surface area contributed by atoms with Crippen molar-refractivity contribution in [2.75, 3.05) is 13.7 Å². The third kappa shape index (κ3) is 2.52. The maximum atomic E-state index is 5.15. The fourth-order valence-electron chi connectivity index (χ4n) is 1.84. The van der Waals surface area contributed by atoms with Crippen LogP contribution in [0.4, 0.5) is 0 Å². The first-order valence-electron chi connectivity index (χ1n) is 5.47. The van der Waals surface area contributed by atoms with Crippen molar-refractivity contribution in [1.82, 2.24) is 5.32 Å². The molecule has 1 aliphatic rings. The summed E-state index contributed by atoms with van der Waals surface area (Å²) in [4.78, 5) is 0. The number of methoxy groups -OCH3 is 1. The summed E-state index contributed by atoms with van der Waals surface area (Å²) in [6, 6.07) is 8.28. The van der Waals surface area contributed by atoms with Crippen LogP contribution < -0.4 is 10.1 Å². The van der Waals surface area contributed by atoms with Crippen LogP contribution in [0, 0.1) is 0 Å². The first kappa shape index (κ1) is 10.1. The van der Waals surface area contributed by atoms with E-state index in [0.29, 0.717) is 0 Å². The predicted octanol–water partition coefficient (Wildman–Crippen LogP) is 2.81. The van der Waals surface area contributed by atoms with Gasteiger partial charge in [-0.3, -0.25) is 0 Å². The molecule has 1 aromatic rings. The number of ether oxygens (including phenoxy) is 1. The normalized spacial score (nSPS) is 16.2. The van der Waals surface area contributed by atoms with Crippen LogP contribution in [0.3, 0.4) is 0 Å². The molecule has 0 saturated carbocycles. The van der Waals surface area contributed by atoms with Gasteiger partial charge in [-0.15, -0.1) is 0 Å². The third-order valence-electron chi connectivity index (χ3n) is 2.75. The Balaban J connectivity index is 2.16. The number of benzene rings is 1. The summed E-state index contributed by atoms with van der Waals surface area (Å²) >= 11 is 0. The van der Waals surface area contributed by atoms with Crippen LogP contribution in [0.25, 0.3) is 5.57 Å². The average molecular weight is 203 g/mol. The standard InChI is InChI=1S/C13H17NO/c1-15-13-7-5-11(6-8-13)12-4-2-3-9-14-10-12/h5-8,10,14H,2-4,9H2,1H3. The van der Waals surface area contributed by atoms with Crippen LogP contribution in [-0.4, -0.2) is 13.7 Å². The Hall–Kier alpha value is -1.44. The van der Waals surface area contributed by atoms with Crippen molar-refractivity contribution in [2.24, 2.45) is 0 Å². The van der Waals surface area contributed by atoms with Gasteiger partial charge in [0.1, 0.15) is 5.75 Å². The average Bonchev–Trinajstić information content (AvgIpc) is 2.58. The number of allylic oxidation sites excluding steroid dienone is 1. The Morgan fingerprint density at radius 1 is 1.13 bits per heavy atom. The SMILES string of the molecule is COc1ccc(C2=CNCCCC2)cc1. The Kier molecular flexibility index (Phi) is 3.28. The maximum Gasteiger partial charge on any atom is 0.118 e. The van der Waals surface area contributed by atoms with Crippen LogP contribution in [-0.2, 0) is 0 Å². The van der Waals surface area contributed by atoms with Crippen molar-refractivity contribution in [3.05, 3.63) is 36.0 Å². The van der Waals surface area contributed by atoms with E-state index in [1.165, 1.54) is 30.4 Å². The zero-order valence-corrected chi connectivity index (χ0v) is 9.12. The lowest BCUT2D eigenvalue weighted by Gasteiger charge is -2.06. The smallest absolute Gasteiger partial charge is 0.118 e. The van der Waals surface area contributed by atoms with Crippen LogP contribution in [0.15, 0.2) is 30.5 Å². The minimum Gasteiger partial charge on any atom is -0.497 e. The van der Waals surface area contributed by atoms with Gasteiger partial charge in [0.05, 0.1) is 7.11 Å². The van der Waals surface area contributed by atoms with Crippen LogP contribution in [0.1, 0.15) is 24.8 Å². The van der Waals surface area contributed by atoms with Crippen molar-refractivity contribution in [1.29, 1.82) is 0 Å². The van der Waals surface area contributed by atoms with E-state index < -0.39 is 0 Å². The summed E-state index contributed by atoms with van der Waals surface area (Å²) in [6.07, 6.45) is 5.84. The van der Waals surface area contributed by atoms with Crippen molar-refractivity contribution in [3.63, 3.8) is 0 Å². The first-order chi connectivity index (χ1) is 7.40. The number of nitrogens with one attached hydrogen (secondary N) is 1. The highest BCUT2D eigenvalue weighted by atomic mass is 16.5. The minimum atomic E-state index is 0.918. The summed E-state index contributed by atoms with van der Waals surface area (Å²) in [7, 11) is 1.70. The predicted molar refractivity (Wildman–Crippen MR) is 62.8 cm³/mol. The lowest BCUT2D eigenvalue weighted by molar-refractivity contribution is 0.415. The van der Waals surface area contributed by atoms with E-state index >= 15 is 0 Å². The molecule has 0 spiro atoms. The number of rotatable bonds is 2. The molecule has 2 nitrogen and oxygen atoms in total. The first-order valence-corrected chi connectivity index (χ1v) is 5.47. The van der Waals surface area contributed by atoms with E-state index in [-0.39, 0.29) is 0 Å². The zero-order chi connectivity index (χ0) is 10.5. The molecular formula is C13H17NO. The number of hydrogen-bond donors (Lipinski definition) is 1. The molecule has 1 aromatic carbocycles. The van der Waals surface area contributed by atoms with E-state index in [1.54, 1.807) is 7.11 Å². The summed E-state index contributed by atoms with van der Waals surface area (Å²) in [5.41, 5.74) is 2.69. The summed E-state index contributed by atoms with van der Waals surface area (Å²) in [6.45, 7) is 1.10. The van der Waals surface area contributed by atoms with E-state index in [0.717, 1.165) is 12.3 Å². The Labute approximate surface area is 91.0 Å². The highest BCUT2D eigenvalue weighted by Gasteiger charge is 2.04. The van der Waals surface area contributed by atoms with Gasteiger partial charge in [0.2, 0.25) is 0 Å². The Morgan fingerprint density at radius 2 is 1.93 bits per heavy atom. The molecule has 0 aromatic heterocycles. The van der Waals surface area contributed by atoms with Gasteiger partial charge in [-0.2, -0.15) is 0 Å². The van der Waals surface area contributed by atoms with Gasteiger partial charge < -0.3 is 10.1 Å². The number of hydrogen-bond acceptors (Lipinski definition) is 2. The molecule has 0 atom stereocenters. The largest absolute Gasteiger partial charge is 0.497 e. The van der Waals surface area contributed by atoms with Crippen LogP contribution >= 0.6 is 0 Å². The lowest BCUT2D eigenvalue weighted by Crippen LogP contribution is -2.04. The molecule has 0 radical (unpaired) electrons. The summed E-state index contributed by atoms with van der Waals surface area (Å²) in [5.74, 6) is 0.918. The maximum absolute atomic E-state index is 5.15. The summed E-state index contributed by atoms with van der Waals surface area (Å²) < 4.78 is 5.15. The van der Waals surface area contributed by atoms with Crippen LogP contribution in [0.2, 0.25) is 0 Å². The topological polar surface area (TPSA) is 21.3 Å². The molecule has 0 fully saturated rings. The van der Waals surface area contributed by atoms with Crippen molar-refractivity contribution < 1.29 is 4.74 Å². The second-order valence-electron chi connectivity index (χ2n) is 3.81. The van der Waals surface area contributed by atoms with E-state index in [1.807, 2.05) is 12.1 Å². The van der Waals surface area contributed by atoms with Gasteiger partial charge in [-0.25, -0.2) is 0 Å².